The molecule has 0 saturated carbocycles. The second-order valence-corrected chi connectivity index (χ2v) is 6.33. The lowest BCUT2D eigenvalue weighted by molar-refractivity contribution is 0.687. The molecule has 2 N–H and O–H groups in total. The van der Waals surface area contributed by atoms with Crippen LogP contribution in [0, 0.1) is 0 Å². The number of nitrogens with one attached hydrogen (secondary N) is 2. The molecule has 0 aliphatic rings. The third-order valence-corrected chi connectivity index (χ3v) is 4.21. The monoisotopic (exact) mass is 376 g/mol. The highest BCUT2D eigenvalue weighted by molar-refractivity contribution is 7.80. The van der Waals surface area contributed by atoms with Crippen LogP contribution in [-0.2, 0) is 6.54 Å². The number of hydrogen-bond donors (Lipinski definition) is 2. The van der Waals surface area contributed by atoms with Gasteiger partial charge in [0.05, 0.1) is 16.6 Å². The van der Waals surface area contributed by atoms with Crippen LogP contribution in [0.5, 0.6) is 0 Å². The lowest BCUT2D eigenvalue weighted by Gasteiger charge is -2.12. The fraction of sp³-hybridized carbons (Fsp3) is 0.0588. The van der Waals surface area contributed by atoms with Crippen molar-refractivity contribution in [1.29, 1.82) is 0 Å². The maximum atomic E-state index is 6.00. The summed E-state index contributed by atoms with van der Waals surface area (Å²) in [5.74, 6) is 0. The molecule has 3 aromatic rings. The zero-order valence-electron chi connectivity index (χ0n) is 12.5. The van der Waals surface area contributed by atoms with Gasteiger partial charge in [-0.1, -0.05) is 35.3 Å². The molecule has 2 aromatic carbocycles. The maximum absolute atomic E-state index is 6.00. The Bertz CT molecular complexity index is 850. The van der Waals surface area contributed by atoms with E-state index in [0.717, 1.165) is 16.9 Å². The van der Waals surface area contributed by atoms with Crippen LogP contribution in [0.2, 0.25) is 10.0 Å². The van der Waals surface area contributed by atoms with Crippen LogP contribution in [0.3, 0.4) is 0 Å². The van der Waals surface area contributed by atoms with Crippen LogP contribution in [0.4, 0.5) is 11.4 Å². The Hall–Kier alpha value is -2.08. The molecule has 3 rings (SSSR count). The van der Waals surface area contributed by atoms with Crippen molar-refractivity contribution in [3.05, 3.63) is 76.5 Å². The predicted octanol–water partition coefficient (Wildman–Crippen LogP) is 5.05. The SMILES string of the molecule is S=C(Nc1cccc(Cn2cccn2)c1)Nc1ccc(Cl)c(Cl)c1. The number of aromatic nitrogens is 2. The van der Waals surface area contributed by atoms with E-state index in [2.05, 4.69) is 15.7 Å². The molecule has 0 aliphatic carbocycles. The Morgan fingerprint density at radius 1 is 1.00 bits per heavy atom. The smallest absolute Gasteiger partial charge is 0.175 e. The fourth-order valence-corrected chi connectivity index (χ4v) is 2.73. The van der Waals surface area contributed by atoms with Crippen molar-refractivity contribution in [3.63, 3.8) is 0 Å². The third-order valence-electron chi connectivity index (χ3n) is 3.27. The van der Waals surface area contributed by atoms with E-state index in [1.165, 1.54) is 0 Å². The minimum atomic E-state index is 0.477. The first-order valence-corrected chi connectivity index (χ1v) is 8.36. The Balaban J connectivity index is 1.64. The Kier molecular flexibility index (Phi) is 5.35. The minimum absolute atomic E-state index is 0.477. The van der Waals surface area contributed by atoms with E-state index in [1.54, 1.807) is 18.3 Å². The number of benzene rings is 2. The van der Waals surface area contributed by atoms with Gasteiger partial charge in [-0.15, -0.1) is 0 Å². The number of anilines is 2. The van der Waals surface area contributed by atoms with Gasteiger partial charge in [0.15, 0.2) is 5.11 Å². The molecule has 4 nitrogen and oxygen atoms in total. The van der Waals surface area contributed by atoms with Gasteiger partial charge in [-0.25, -0.2) is 0 Å². The number of hydrogen-bond acceptors (Lipinski definition) is 2. The van der Waals surface area contributed by atoms with Gasteiger partial charge < -0.3 is 10.6 Å². The zero-order chi connectivity index (χ0) is 16.9. The van der Waals surface area contributed by atoms with Crippen LogP contribution in [0.25, 0.3) is 0 Å². The van der Waals surface area contributed by atoms with Crippen molar-refractivity contribution in [2.24, 2.45) is 0 Å². The quantitative estimate of drug-likeness (QED) is 0.625. The molecule has 0 fully saturated rings. The number of nitrogens with zero attached hydrogens (tertiary/aromatic N) is 2. The Morgan fingerprint density at radius 3 is 2.50 bits per heavy atom. The first kappa shape index (κ1) is 16.8. The summed E-state index contributed by atoms with van der Waals surface area (Å²) >= 11 is 17.2. The van der Waals surface area contributed by atoms with E-state index < -0.39 is 0 Å². The molecule has 1 aromatic heterocycles. The number of thiocarbonyl (C=S) groups is 1. The van der Waals surface area contributed by atoms with Crippen LogP contribution < -0.4 is 10.6 Å². The van der Waals surface area contributed by atoms with Gasteiger partial charge in [0.25, 0.3) is 0 Å². The standard InChI is InChI=1S/C17H14Cl2N4S/c18-15-6-5-14(10-16(15)19)22-17(24)21-13-4-1-3-12(9-13)11-23-8-2-7-20-23/h1-10H,11H2,(H2,21,22,24). The van der Waals surface area contributed by atoms with Gasteiger partial charge in [0, 0.05) is 23.8 Å². The maximum Gasteiger partial charge on any atom is 0.175 e. The highest BCUT2D eigenvalue weighted by Gasteiger charge is 2.03. The lowest BCUT2D eigenvalue weighted by atomic mass is 10.2. The highest BCUT2D eigenvalue weighted by Crippen LogP contribution is 2.25. The molecule has 122 valence electrons. The third kappa shape index (κ3) is 4.47. The topological polar surface area (TPSA) is 41.9 Å². The van der Waals surface area contributed by atoms with Gasteiger partial charge >= 0.3 is 0 Å². The Morgan fingerprint density at radius 2 is 1.79 bits per heavy atom. The first-order valence-electron chi connectivity index (χ1n) is 7.19. The summed E-state index contributed by atoms with van der Waals surface area (Å²) in [5, 5.41) is 11.9. The summed E-state index contributed by atoms with van der Waals surface area (Å²) in [6, 6.07) is 15.2. The second-order valence-electron chi connectivity index (χ2n) is 5.11. The molecule has 0 saturated heterocycles. The van der Waals surface area contributed by atoms with Gasteiger partial charge in [0.1, 0.15) is 0 Å². The molecule has 0 atom stereocenters. The average molecular weight is 377 g/mol. The van der Waals surface area contributed by atoms with Gasteiger partial charge in [0.2, 0.25) is 0 Å². The summed E-state index contributed by atoms with van der Waals surface area (Å²) in [4.78, 5) is 0. The van der Waals surface area contributed by atoms with Gasteiger partial charge in [-0.05, 0) is 54.2 Å². The fourth-order valence-electron chi connectivity index (χ4n) is 2.20. The summed E-state index contributed by atoms with van der Waals surface area (Å²) in [5.41, 5.74) is 2.80. The van der Waals surface area contributed by atoms with Crippen molar-refractivity contribution in [1.82, 2.24) is 9.78 Å². The molecule has 0 aliphatic heterocycles. The Labute approximate surface area is 155 Å². The average Bonchev–Trinajstić information content (AvgIpc) is 3.04. The van der Waals surface area contributed by atoms with E-state index in [-0.39, 0.29) is 0 Å². The zero-order valence-corrected chi connectivity index (χ0v) is 14.9. The minimum Gasteiger partial charge on any atom is -0.332 e. The van der Waals surface area contributed by atoms with Crippen molar-refractivity contribution in [3.8, 4) is 0 Å². The molecule has 0 radical (unpaired) electrons. The van der Waals surface area contributed by atoms with E-state index in [9.17, 15) is 0 Å². The summed E-state index contributed by atoms with van der Waals surface area (Å²) in [6.45, 7) is 0.704. The van der Waals surface area contributed by atoms with Crippen LogP contribution in [-0.4, -0.2) is 14.9 Å². The largest absolute Gasteiger partial charge is 0.332 e. The van der Waals surface area contributed by atoms with Crippen molar-refractivity contribution in [2.75, 3.05) is 10.6 Å². The van der Waals surface area contributed by atoms with Crippen LogP contribution in [0.1, 0.15) is 5.56 Å². The lowest BCUT2D eigenvalue weighted by Crippen LogP contribution is -2.19. The van der Waals surface area contributed by atoms with Crippen molar-refractivity contribution in [2.45, 2.75) is 6.54 Å². The van der Waals surface area contributed by atoms with E-state index >= 15 is 0 Å². The van der Waals surface area contributed by atoms with Crippen molar-refractivity contribution >= 4 is 51.9 Å². The molecule has 0 amide bonds. The molecule has 0 bridgehead atoms. The van der Waals surface area contributed by atoms with Gasteiger partial charge in [-0.2, -0.15) is 5.10 Å². The molecular weight excluding hydrogens is 363 g/mol. The molecule has 0 unspecified atom stereocenters. The highest BCUT2D eigenvalue weighted by atomic mass is 35.5. The molecule has 7 heteroatoms. The molecule has 0 spiro atoms. The predicted molar refractivity (Wildman–Crippen MR) is 104 cm³/mol. The van der Waals surface area contributed by atoms with Crippen LogP contribution >= 0.6 is 35.4 Å². The first-order chi connectivity index (χ1) is 11.6. The second kappa shape index (κ2) is 7.66. The summed E-state index contributed by atoms with van der Waals surface area (Å²) in [6.07, 6.45) is 3.69. The van der Waals surface area contributed by atoms with Crippen LogP contribution in [0.15, 0.2) is 60.9 Å². The molecule has 1 heterocycles. The number of halogens is 2. The molecular formula is C17H14Cl2N4S. The van der Waals surface area contributed by atoms with E-state index in [1.807, 2.05) is 47.3 Å². The summed E-state index contributed by atoms with van der Waals surface area (Å²) in [7, 11) is 0. The number of rotatable bonds is 4. The van der Waals surface area contributed by atoms with Gasteiger partial charge in [-0.3, -0.25) is 4.68 Å². The van der Waals surface area contributed by atoms with E-state index in [0.29, 0.717) is 21.7 Å². The normalized spacial score (nSPS) is 10.4. The van der Waals surface area contributed by atoms with Crippen molar-refractivity contribution < 1.29 is 0 Å². The summed E-state index contributed by atoms with van der Waals surface area (Å²) < 4.78 is 1.87. The molecule has 24 heavy (non-hydrogen) atoms. The van der Waals surface area contributed by atoms with E-state index in [4.69, 9.17) is 35.4 Å².